The van der Waals surface area contributed by atoms with Crippen LogP contribution in [0.1, 0.15) is 18.9 Å². The molecule has 1 aliphatic rings. The molecule has 2 rings (SSSR count). The number of nitrogens with zero attached hydrogens (tertiary/aromatic N) is 3. The molecule has 17 heavy (non-hydrogen) atoms. The fourth-order valence-electron chi connectivity index (χ4n) is 2.16. The number of nitrogen functional groups attached to an aromatic ring is 1. The molecular formula is C11H19N5O. The van der Waals surface area contributed by atoms with Crippen molar-refractivity contribution in [3.63, 3.8) is 0 Å². The van der Waals surface area contributed by atoms with Gasteiger partial charge in [0.05, 0.1) is 12.6 Å². The quantitative estimate of drug-likeness (QED) is 0.588. The first-order chi connectivity index (χ1) is 8.27. The van der Waals surface area contributed by atoms with E-state index in [1.165, 1.54) is 6.33 Å². The Kier molecular flexibility index (Phi) is 3.75. The Morgan fingerprint density at radius 3 is 3.00 bits per heavy atom. The van der Waals surface area contributed by atoms with Gasteiger partial charge in [0.1, 0.15) is 18.0 Å². The van der Waals surface area contributed by atoms with Gasteiger partial charge in [-0.2, -0.15) is 0 Å². The van der Waals surface area contributed by atoms with Crippen LogP contribution in [0, 0.1) is 0 Å². The Labute approximate surface area is 101 Å². The molecule has 0 aromatic carbocycles. The molecule has 2 heterocycles. The number of nitrogens with two attached hydrogens (primary N) is 1. The first-order valence-corrected chi connectivity index (χ1v) is 5.89. The molecule has 0 amide bonds. The Morgan fingerprint density at radius 2 is 2.41 bits per heavy atom. The Hall–Kier alpha value is -1.40. The van der Waals surface area contributed by atoms with Crippen LogP contribution < -0.4 is 16.2 Å². The number of nitrogens with one attached hydrogen (secondary N) is 1. The van der Waals surface area contributed by atoms with Crippen LogP contribution in [0.2, 0.25) is 0 Å². The second-order valence-electron chi connectivity index (χ2n) is 4.15. The topological polar surface area (TPSA) is 76.3 Å². The van der Waals surface area contributed by atoms with Gasteiger partial charge in [-0.05, 0) is 12.8 Å². The highest BCUT2D eigenvalue weighted by atomic mass is 16.5. The zero-order valence-electron chi connectivity index (χ0n) is 10.3. The monoisotopic (exact) mass is 237 g/mol. The molecule has 3 N–H and O–H groups in total. The second-order valence-corrected chi connectivity index (χ2v) is 4.15. The van der Waals surface area contributed by atoms with Gasteiger partial charge < -0.3 is 15.1 Å². The average molecular weight is 237 g/mol. The minimum Gasteiger partial charge on any atom is -0.379 e. The van der Waals surface area contributed by atoms with Gasteiger partial charge in [-0.25, -0.2) is 15.8 Å². The van der Waals surface area contributed by atoms with E-state index in [1.807, 2.05) is 7.05 Å². The normalized spacial score (nSPS) is 19.4. The lowest BCUT2D eigenvalue weighted by Crippen LogP contribution is -2.33. The predicted octanol–water partition coefficient (Wildman–Crippen LogP) is 0.550. The number of hydrazine groups is 1. The van der Waals surface area contributed by atoms with Crippen LogP contribution in [0.5, 0.6) is 0 Å². The van der Waals surface area contributed by atoms with E-state index in [2.05, 4.69) is 27.2 Å². The fourth-order valence-corrected chi connectivity index (χ4v) is 2.16. The van der Waals surface area contributed by atoms with Gasteiger partial charge in [-0.15, -0.1) is 0 Å². The predicted molar refractivity (Wildman–Crippen MR) is 66.8 cm³/mol. The van der Waals surface area contributed by atoms with Crippen molar-refractivity contribution in [2.75, 3.05) is 30.6 Å². The SMILES string of the molecule is CCc1c(NN)ncnc1N(C)C1CCOC1. The van der Waals surface area contributed by atoms with Gasteiger partial charge in [0, 0.05) is 19.2 Å². The van der Waals surface area contributed by atoms with Crippen molar-refractivity contribution in [1.82, 2.24) is 9.97 Å². The number of likely N-dealkylation sites (N-methyl/N-ethyl adjacent to an activating group) is 1. The number of hydrogen-bond acceptors (Lipinski definition) is 6. The maximum absolute atomic E-state index is 5.47. The molecule has 0 bridgehead atoms. The third kappa shape index (κ3) is 2.32. The first kappa shape index (κ1) is 12.1. The molecule has 1 aromatic rings. The smallest absolute Gasteiger partial charge is 0.148 e. The number of rotatable bonds is 4. The number of ether oxygens (including phenoxy) is 1. The summed E-state index contributed by atoms with van der Waals surface area (Å²) >= 11 is 0. The van der Waals surface area contributed by atoms with Crippen LogP contribution >= 0.6 is 0 Å². The molecule has 1 unspecified atom stereocenters. The van der Waals surface area contributed by atoms with E-state index in [-0.39, 0.29) is 0 Å². The third-order valence-corrected chi connectivity index (χ3v) is 3.20. The van der Waals surface area contributed by atoms with Crippen molar-refractivity contribution in [2.24, 2.45) is 5.84 Å². The lowest BCUT2D eigenvalue weighted by molar-refractivity contribution is 0.193. The molecule has 94 valence electrons. The van der Waals surface area contributed by atoms with E-state index in [9.17, 15) is 0 Å². The summed E-state index contributed by atoms with van der Waals surface area (Å²) in [4.78, 5) is 10.7. The van der Waals surface area contributed by atoms with Crippen LogP contribution in [0.25, 0.3) is 0 Å². The van der Waals surface area contributed by atoms with Crippen molar-refractivity contribution in [3.8, 4) is 0 Å². The summed E-state index contributed by atoms with van der Waals surface area (Å²) in [5.74, 6) is 7.10. The summed E-state index contributed by atoms with van der Waals surface area (Å²) in [5.41, 5.74) is 3.67. The highest BCUT2D eigenvalue weighted by Crippen LogP contribution is 2.25. The Bertz CT molecular complexity index is 378. The molecular weight excluding hydrogens is 218 g/mol. The summed E-state index contributed by atoms with van der Waals surface area (Å²) in [6, 6.07) is 0.390. The lowest BCUT2D eigenvalue weighted by atomic mass is 10.1. The number of hydrogen-bond donors (Lipinski definition) is 2. The summed E-state index contributed by atoms with van der Waals surface area (Å²) < 4.78 is 5.40. The molecule has 0 radical (unpaired) electrons. The maximum atomic E-state index is 5.47. The molecule has 6 nitrogen and oxygen atoms in total. The zero-order chi connectivity index (χ0) is 12.3. The fraction of sp³-hybridized carbons (Fsp3) is 0.636. The van der Waals surface area contributed by atoms with E-state index in [0.717, 1.165) is 37.4 Å². The molecule has 0 aliphatic carbocycles. The van der Waals surface area contributed by atoms with Crippen molar-refractivity contribution >= 4 is 11.6 Å². The zero-order valence-corrected chi connectivity index (χ0v) is 10.3. The molecule has 1 saturated heterocycles. The third-order valence-electron chi connectivity index (χ3n) is 3.20. The average Bonchev–Trinajstić information content (AvgIpc) is 2.90. The highest BCUT2D eigenvalue weighted by Gasteiger charge is 2.23. The van der Waals surface area contributed by atoms with Crippen LogP contribution in [0.4, 0.5) is 11.6 Å². The van der Waals surface area contributed by atoms with E-state index in [0.29, 0.717) is 11.9 Å². The van der Waals surface area contributed by atoms with Crippen LogP contribution in [-0.4, -0.2) is 36.3 Å². The van der Waals surface area contributed by atoms with E-state index < -0.39 is 0 Å². The summed E-state index contributed by atoms with van der Waals surface area (Å²) in [6.45, 7) is 3.65. The van der Waals surface area contributed by atoms with Gasteiger partial charge in [0.2, 0.25) is 0 Å². The van der Waals surface area contributed by atoms with Crippen LogP contribution in [-0.2, 0) is 11.2 Å². The molecule has 0 spiro atoms. The van der Waals surface area contributed by atoms with E-state index in [4.69, 9.17) is 10.6 Å². The van der Waals surface area contributed by atoms with Crippen LogP contribution in [0.3, 0.4) is 0 Å². The second kappa shape index (κ2) is 5.29. The molecule has 6 heteroatoms. The largest absolute Gasteiger partial charge is 0.379 e. The molecule has 1 fully saturated rings. The summed E-state index contributed by atoms with van der Waals surface area (Å²) in [6.07, 6.45) is 3.42. The summed E-state index contributed by atoms with van der Waals surface area (Å²) in [7, 11) is 2.04. The van der Waals surface area contributed by atoms with Gasteiger partial charge >= 0.3 is 0 Å². The minimum atomic E-state index is 0.390. The summed E-state index contributed by atoms with van der Waals surface area (Å²) in [5, 5.41) is 0. The molecule has 1 aliphatic heterocycles. The van der Waals surface area contributed by atoms with Crippen molar-refractivity contribution in [1.29, 1.82) is 0 Å². The first-order valence-electron chi connectivity index (χ1n) is 5.89. The molecule has 0 saturated carbocycles. The van der Waals surface area contributed by atoms with Gasteiger partial charge in [-0.1, -0.05) is 6.92 Å². The number of aromatic nitrogens is 2. The van der Waals surface area contributed by atoms with Crippen molar-refractivity contribution in [3.05, 3.63) is 11.9 Å². The van der Waals surface area contributed by atoms with E-state index in [1.54, 1.807) is 0 Å². The van der Waals surface area contributed by atoms with Gasteiger partial charge in [0.15, 0.2) is 0 Å². The van der Waals surface area contributed by atoms with Gasteiger partial charge in [-0.3, -0.25) is 0 Å². The minimum absolute atomic E-state index is 0.390. The lowest BCUT2D eigenvalue weighted by Gasteiger charge is -2.26. The molecule has 1 atom stereocenters. The Morgan fingerprint density at radius 1 is 1.59 bits per heavy atom. The standard InChI is InChI=1S/C11H19N5O/c1-3-9-10(15-12)13-7-14-11(9)16(2)8-4-5-17-6-8/h7-8H,3-6,12H2,1-2H3,(H,13,14,15). The van der Waals surface area contributed by atoms with Gasteiger partial charge in [0.25, 0.3) is 0 Å². The van der Waals surface area contributed by atoms with Crippen LogP contribution in [0.15, 0.2) is 6.33 Å². The van der Waals surface area contributed by atoms with Crippen molar-refractivity contribution in [2.45, 2.75) is 25.8 Å². The molecule has 1 aromatic heterocycles. The Balaban J connectivity index is 2.29. The number of anilines is 2. The van der Waals surface area contributed by atoms with E-state index >= 15 is 0 Å². The maximum Gasteiger partial charge on any atom is 0.148 e. The van der Waals surface area contributed by atoms with Crippen molar-refractivity contribution < 1.29 is 4.74 Å². The highest BCUT2D eigenvalue weighted by molar-refractivity contribution is 5.58.